The number of halogens is 1. The minimum absolute atomic E-state index is 0.0133. The van der Waals surface area contributed by atoms with E-state index >= 15 is 0 Å². The molecule has 1 fully saturated rings. The highest BCUT2D eigenvalue weighted by Crippen LogP contribution is 2.29. The summed E-state index contributed by atoms with van der Waals surface area (Å²) in [6, 6.07) is 5.50. The lowest BCUT2D eigenvalue weighted by Gasteiger charge is -2.30. The van der Waals surface area contributed by atoms with Crippen LogP contribution in [0.4, 0.5) is 10.1 Å². The highest BCUT2D eigenvalue weighted by molar-refractivity contribution is 6.05. The van der Waals surface area contributed by atoms with E-state index < -0.39 is 11.7 Å². The summed E-state index contributed by atoms with van der Waals surface area (Å²) in [4.78, 5) is 18.9. The number of amides is 1. The summed E-state index contributed by atoms with van der Waals surface area (Å²) in [6.45, 7) is 2.49. The molecular weight excluding hydrogens is 353 g/mol. The molecule has 1 aromatic carbocycles. The van der Waals surface area contributed by atoms with E-state index in [-0.39, 0.29) is 17.6 Å². The highest BCUT2D eigenvalue weighted by Gasteiger charge is 2.26. The number of rotatable bonds is 4. The third kappa shape index (κ3) is 3.60. The van der Waals surface area contributed by atoms with Gasteiger partial charge in [0.1, 0.15) is 12.1 Å². The van der Waals surface area contributed by atoms with Crippen molar-refractivity contribution in [3.8, 4) is 11.5 Å². The van der Waals surface area contributed by atoms with Gasteiger partial charge in [-0.05, 0) is 31.3 Å². The Bertz CT molecular complexity index is 940. The van der Waals surface area contributed by atoms with E-state index in [9.17, 15) is 9.18 Å². The van der Waals surface area contributed by atoms with Crippen LogP contribution in [0.1, 0.15) is 22.2 Å². The number of nitrogens with one attached hydrogen (secondary N) is 2. The van der Waals surface area contributed by atoms with Crippen LogP contribution in [0.25, 0.3) is 11.5 Å². The number of likely N-dealkylation sites (N-methyl/N-ethyl adjacent to an activating group) is 1. The zero-order valence-corrected chi connectivity index (χ0v) is 14.6. The number of aromatic nitrogens is 2. The maximum atomic E-state index is 13.8. The minimum atomic E-state index is -0.489. The topological polar surface area (TPSA) is 96.4 Å². The van der Waals surface area contributed by atoms with Crippen LogP contribution in [0.5, 0.6) is 0 Å². The summed E-state index contributed by atoms with van der Waals surface area (Å²) in [6.07, 6.45) is 2.70. The van der Waals surface area contributed by atoms with Crippen LogP contribution in [0, 0.1) is 5.82 Å². The molecule has 0 radical (unpaired) electrons. The van der Waals surface area contributed by atoms with Crippen molar-refractivity contribution in [1.29, 1.82) is 0 Å². The van der Waals surface area contributed by atoms with Crippen LogP contribution in [0.3, 0.4) is 0 Å². The Labute approximate surface area is 154 Å². The lowest BCUT2D eigenvalue weighted by Crippen LogP contribution is -2.44. The summed E-state index contributed by atoms with van der Waals surface area (Å²) >= 11 is 0. The van der Waals surface area contributed by atoms with Crippen molar-refractivity contribution >= 4 is 11.6 Å². The predicted molar refractivity (Wildman–Crippen MR) is 94.6 cm³/mol. The molecule has 2 N–H and O–H groups in total. The Balaban J connectivity index is 1.63. The Kier molecular flexibility index (Phi) is 4.69. The summed E-state index contributed by atoms with van der Waals surface area (Å²) in [7, 11) is 2.00. The Morgan fingerprint density at radius 2 is 2.30 bits per heavy atom. The Hall–Kier alpha value is -3.04. The largest absolute Gasteiger partial charge is 0.472 e. The minimum Gasteiger partial charge on any atom is -0.472 e. The average Bonchev–Trinajstić information content (AvgIpc) is 3.34. The lowest BCUT2D eigenvalue weighted by atomic mass is 10.1. The predicted octanol–water partition coefficient (Wildman–Crippen LogP) is 2.30. The van der Waals surface area contributed by atoms with Crippen molar-refractivity contribution in [3.63, 3.8) is 0 Å². The van der Waals surface area contributed by atoms with Crippen molar-refractivity contribution in [2.75, 3.05) is 32.0 Å². The number of carbonyl (C=O) groups is 1. The number of furan rings is 1. The molecule has 0 bridgehead atoms. The maximum Gasteiger partial charge on any atom is 0.260 e. The normalized spacial score (nSPS) is 17.8. The summed E-state index contributed by atoms with van der Waals surface area (Å²) in [5.41, 5.74) is 1.01. The van der Waals surface area contributed by atoms with Gasteiger partial charge in [0.25, 0.3) is 11.8 Å². The van der Waals surface area contributed by atoms with Crippen LogP contribution in [-0.4, -0.2) is 47.6 Å². The molecule has 1 aliphatic rings. The first-order chi connectivity index (χ1) is 13.1. The monoisotopic (exact) mass is 371 g/mol. The molecule has 3 aromatic rings. The van der Waals surface area contributed by atoms with E-state index in [1.807, 2.05) is 7.05 Å². The molecule has 1 unspecified atom stereocenters. The molecule has 2 aromatic heterocycles. The van der Waals surface area contributed by atoms with Gasteiger partial charge in [-0.25, -0.2) is 4.39 Å². The van der Waals surface area contributed by atoms with Crippen LogP contribution < -0.4 is 10.6 Å². The molecule has 9 heteroatoms. The van der Waals surface area contributed by atoms with Crippen LogP contribution in [-0.2, 0) is 0 Å². The molecule has 1 amide bonds. The van der Waals surface area contributed by atoms with Crippen molar-refractivity contribution in [2.24, 2.45) is 0 Å². The van der Waals surface area contributed by atoms with E-state index in [1.54, 1.807) is 0 Å². The molecule has 27 heavy (non-hydrogen) atoms. The zero-order valence-electron chi connectivity index (χ0n) is 14.6. The van der Waals surface area contributed by atoms with E-state index in [0.29, 0.717) is 23.5 Å². The summed E-state index contributed by atoms with van der Waals surface area (Å²) in [5, 5.41) is 10.0. The second kappa shape index (κ2) is 7.29. The van der Waals surface area contributed by atoms with E-state index in [2.05, 4.69) is 25.7 Å². The molecule has 8 nitrogen and oxygen atoms in total. The molecule has 1 atom stereocenters. The fourth-order valence-corrected chi connectivity index (χ4v) is 2.97. The molecular formula is C18H18FN5O3. The second-order valence-corrected chi connectivity index (χ2v) is 6.31. The molecule has 0 spiro atoms. The summed E-state index contributed by atoms with van der Waals surface area (Å²) < 4.78 is 24.1. The van der Waals surface area contributed by atoms with Gasteiger partial charge in [0.2, 0.25) is 0 Å². The molecule has 0 aliphatic carbocycles. The Morgan fingerprint density at radius 1 is 1.41 bits per heavy atom. The number of anilines is 1. The van der Waals surface area contributed by atoms with E-state index in [0.717, 1.165) is 13.1 Å². The highest BCUT2D eigenvalue weighted by atomic mass is 19.1. The second-order valence-electron chi connectivity index (χ2n) is 6.31. The number of carbonyl (C=O) groups excluding carboxylic acids is 1. The first-order valence-corrected chi connectivity index (χ1v) is 8.50. The smallest absolute Gasteiger partial charge is 0.260 e. The van der Waals surface area contributed by atoms with Gasteiger partial charge in [0, 0.05) is 19.6 Å². The van der Waals surface area contributed by atoms with E-state index in [4.69, 9.17) is 8.94 Å². The molecule has 0 saturated carbocycles. The molecule has 1 aliphatic heterocycles. The number of hydrogen-bond donors (Lipinski definition) is 2. The number of piperazine rings is 1. The van der Waals surface area contributed by atoms with Gasteiger partial charge in [-0.2, -0.15) is 4.98 Å². The molecule has 4 rings (SSSR count). The van der Waals surface area contributed by atoms with Gasteiger partial charge < -0.3 is 19.6 Å². The summed E-state index contributed by atoms with van der Waals surface area (Å²) in [5.74, 6) is -0.161. The quantitative estimate of drug-likeness (QED) is 0.726. The lowest BCUT2D eigenvalue weighted by molar-refractivity contribution is 0.102. The fraction of sp³-hybridized carbons (Fsp3) is 0.278. The van der Waals surface area contributed by atoms with Crippen molar-refractivity contribution in [2.45, 2.75) is 6.04 Å². The van der Waals surface area contributed by atoms with Gasteiger partial charge in [-0.1, -0.05) is 5.16 Å². The van der Waals surface area contributed by atoms with Crippen LogP contribution in [0.15, 0.2) is 45.7 Å². The first-order valence-electron chi connectivity index (χ1n) is 8.50. The van der Waals surface area contributed by atoms with Gasteiger partial charge in [0.05, 0.1) is 29.1 Å². The first kappa shape index (κ1) is 17.4. The van der Waals surface area contributed by atoms with Gasteiger partial charge in [-0.3, -0.25) is 9.69 Å². The zero-order chi connectivity index (χ0) is 18.8. The number of hydrogen-bond acceptors (Lipinski definition) is 7. The number of nitrogens with zero attached hydrogens (tertiary/aromatic N) is 3. The molecule has 1 saturated heterocycles. The van der Waals surface area contributed by atoms with Gasteiger partial charge in [0.15, 0.2) is 5.82 Å². The molecule has 140 valence electrons. The van der Waals surface area contributed by atoms with Crippen LogP contribution in [0.2, 0.25) is 0 Å². The van der Waals surface area contributed by atoms with Crippen molar-refractivity contribution < 1.29 is 18.1 Å². The van der Waals surface area contributed by atoms with Crippen molar-refractivity contribution in [3.05, 3.63) is 54.0 Å². The number of benzene rings is 1. The van der Waals surface area contributed by atoms with E-state index in [1.165, 1.54) is 36.8 Å². The van der Waals surface area contributed by atoms with Crippen molar-refractivity contribution in [1.82, 2.24) is 20.4 Å². The third-order valence-corrected chi connectivity index (χ3v) is 4.49. The van der Waals surface area contributed by atoms with Gasteiger partial charge in [-0.15, -0.1) is 0 Å². The van der Waals surface area contributed by atoms with Crippen LogP contribution >= 0.6 is 0 Å². The molecule has 3 heterocycles. The standard InChI is InChI=1S/C18H18FN5O3/c1-24-6-5-20-9-15(24)16-22-18(27-23-16)13-3-2-12(19)8-14(13)21-17(25)11-4-7-26-10-11/h2-4,7-8,10,15,20H,5-6,9H2,1H3,(H,21,25). The van der Waals surface area contributed by atoms with Gasteiger partial charge >= 0.3 is 0 Å². The Morgan fingerprint density at radius 3 is 3.07 bits per heavy atom. The fourth-order valence-electron chi connectivity index (χ4n) is 2.97. The average molecular weight is 371 g/mol. The third-order valence-electron chi connectivity index (χ3n) is 4.49. The maximum absolute atomic E-state index is 13.8. The SMILES string of the molecule is CN1CCNCC1c1noc(-c2ccc(F)cc2NC(=O)c2ccoc2)n1.